The van der Waals surface area contributed by atoms with Crippen LogP contribution in [0.15, 0.2) is 54.6 Å². The lowest BCUT2D eigenvalue weighted by Gasteiger charge is -2.23. The third kappa shape index (κ3) is 5.51. The van der Waals surface area contributed by atoms with Crippen molar-refractivity contribution in [3.05, 3.63) is 65.7 Å². The largest absolute Gasteiger partial charge is 0.489 e. The molecule has 0 fully saturated rings. The lowest BCUT2D eigenvalue weighted by molar-refractivity contribution is 0.162. The topological polar surface area (TPSA) is 41.5 Å². The van der Waals surface area contributed by atoms with Crippen LogP contribution in [0.25, 0.3) is 0 Å². The second kappa shape index (κ2) is 7.43. The quantitative estimate of drug-likeness (QED) is 0.855. The van der Waals surface area contributed by atoms with Gasteiger partial charge < -0.3 is 15.2 Å². The van der Waals surface area contributed by atoms with E-state index in [-0.39, 0.29) is 5.54 Å². The highest BCUT2D eigenvalue weighted by Crippen LogP contribution is 2.20. The smallest absolute Gasteiger partial charge is 0.120 e. The molecule has 0 saturated carbocycles. The van der Waals surface area contributed by atoms with Crippen molar-refractivity contribution in [2.24, 2.45) is 0 Å². The molecule has 0 spiro atoms. The Morgan fingerprint density at radius 2 is 1.77 bits per heavy atom. The van der Waals surface area contributed by atoms with Gasteiger partial charge in [-0.25, -0.2) is 0 Å². The van der Waals surface area contributed by atoms with Gasteiger partial charge in [-0.05, 0) is 44.0 Å². The molecule has 0 amide bonds. The van der Waals surface area contributed by atoms with Gasteiger partial charge in [-0.1, -0.05) is 42.5 Å². The number of β-amino-alcohol motifs (C(OH)–C–C–N with tert-alkyl or cyclic N) is 1. The zero-order chi connectivity index (χ0) is 16.0. The fraction of sp³-hybridized carbons (Fsp3) is 0.368. The molecule has 3 nitrogen and oxygen atoms in total. The van der Waals surface area contributed by atoms with Gasteiger partial charge in [0.1, 0.15) is 12.4 Å². The normalized spacial score (nSPS) is 12.9. The van der Waals surface area contributed by atoms with Crippen LogP contribution in [0.5, 0.6) is 5.75 Å². The average molecular weight is 299 g/mol. The highest BCUT2D eigenvalue weighted by molar-refractivity contribution is 5.30. The molecule has 0 radical (unpaired) electrons. The van der Waals surface area contributed by atoms with Crippen LogP contribution in [-0.4, -0.2) is 17.2 Å². The summed E-state index contributed by atoms with van der Waals surface area (Å²) in [7, 11) is 0. The number of aliphatic hydroxyl groups excluding tert-OH is 1. The molecular weight excluding hydrogens is 274 g/mol. The van der Waals surface area contributed by atoms with Crippen molar-refractivity contribution in [2.75, 3.05) is 6.54 Å². The van der Waals surface area contributed by atoms with E-state index in [1.165, 1.54) is 0 Å². The molecule has 2 N–H and O–H groups in total. The van der Waals surface area contributed by atoms with Crippen molar-refractivity contribution in [2.45, 2.75) is 39.0 Å². The van der Waals surface area contributed by atoms with Gasteiger partial charge in [0.05, 0.1) is 6.10 Å². The summed E-state index contributed by atoms with van der Waals surface area (Å²) in [6.07, 6.45) is -0.542. The average Bonchev–Trinajstić information content (AvgIpc) is 2.51. The summed E-state index contributed by atoms with van der Waals surface area (Å²) in [5.74, 6) is 0.774. The maximum Gasteiger partial charge on any atom is 0.120 e. The third-order valence-corrected chi connectivity index (χ3v) is 3.32. The number of ether oxygens (including phenoxy) is 1. The molecule has 0 aliphatic heterocycles. The van der Waals surface area contributed by atoms with Gasteiger partial charge in [-0.3, -0.25) is 0 Å². The standard InChI is InChI=1S/C19H25NO2/c1-19(2,3)20-13-18(21)16-10-7-11-17(12-16)22-14-15-8-5-4-6-9-15/h4-12,18,20-21H,13-14H2,1-3H3. The lowest BCUT2D eigenvalue weighted by Crippen LogP contribution is -2.38. The lowest BCUT2D eigenvalue weighted by atomic mass is 10.1. The molecule has 22 heavy (non-hydrogen) atoms. The minimum Gasteiger partial charge on any atom is -0.489 e. The van der Waals surface area contributed by atoms with Crippen LogP contribution >= 0.6 is 0 Å². The first kappa shape index (κ1) is 16.5. The maximum atomic E-state index is 10.3. The Labute approximate surface area is 133 Å². The van der Waals surface area contributed by atoms with Crippen molar-refractivity contribution < 1.29 is 9.84 Å². The fourth-order valence-electron chi connectivity index (χ4n) is 2.07. The first-order valence-corrected chi connectivity index (χ1v) is 7.64. The minimum absolute atomic E-state index is 0.0115. The number of aliphatic hydroxyl groups is 1. The highest BCUT2D eigenvalue weighted by Gasteiger charge is 2.14. The van der Waals surface area contributed by atoms with E-state index >= 15 is 0 Å². The molecule has 0 aliphatic rings. The summed E-state index contributed by atoms with van der Waals surface area (Å²) < 4.78 is 5.80. The van der Waals surface area contributed by atoms with E-state index in [1.807, 2.05) is 54.6 Å². The van der Waals surface area contributed by atoms with Gasteiger partial charge in [-0.15, -0.1) is 0 Å². The molecule has 1 atom stereocenters. The monoisotopic (exact) mass is 299 g/mol. The molecule has 2 aromatic carbocycles. The van der Waals surface area contributed by atoms with Crippen molar-refractivity contribution in [3.8, 4) is 5.75 Å². The zero-order valence-corrected chi connectivity index (χ0v) is 13.5. The van der Waals surface area contributed by atoms with Gasteiger partial charge in [0.2, 0.25) is 0 Å². The molecule has 1 unspecified atom stereocenters. The molecule has 2 rings (SSSR count). The molecule has 118 valence electrons. The van der Waals surface area contributed by atoms with Crippen LogP contribution in [0, 0.1) is 0 Å². The van der Waals surface area contributed by atoms with Gasteiger partial charge in [-0.2, -0.15) is 0 Å². The number of benzene rings is 2. The molecule has 0 aromatic heterocycles. The van der Waals surface area contributed by atoms with E-state index in [9.17, 15) is 5.11 Å². The summed E-state index contributed by atoms with van der Waals surface area (Å²) >= 11 is 0. The summed E-state index contributed by atoms with van der Waals surface area (Å²) in [6, 6.07) is 17.7. The summed E-state index contributed by atoms with van der Waals surface area (Å²) in [6.45, 7) is 7.30. The molecule has 0 saturated heterocycles. The summed E-state index contributed by atoms with van der Waals surface area (Å²) in [4.78, 5) is 0. The Morgan fingerprint density at radius 1 is 1.05 bits per heavy atom. The van der Waals surface area contributed by atoms with Crippen LogP contribution in [0.4, 0.5) is 0 Å². The summed E-state index contributed by atoms with van der Waals surface area (Å²) in [5, 5.41) is 13.6. The van der Waals surface area contributed by atoms with E-state index < -0.39 is 6.10 Å². The van der Waals surface area contributed by atoms with Crippen molar-refractivity contribution in [1.82, 2.24) is 5.32 Å². The Bertz CT molecular complexity index is 575. The van der Waals surface area contributed by atoms with E-state index in [0.717, 1.165) is 16.9 Å². The zero-order valence-electron chi connectivity index (χ0n) is 13.5. The third-order valence-electron chi connectivity index (χ3n) is 3.32. The number of nitrogens with one attached hydrogen (secondary N) is 1. The molecule has 0 bridgehead atoms. The highest BCUT2D eigenvalue weighted by atomic mass is 16.5. The van der Waals surface area contributed by atoms with Crippen LogP contribution < -0.4 is 10.1 Å². The van der Waals surface area contributed by atoms with Crippen LogP contribution in [-0.2, 0) is 6.61 Å². The maximum absolute atomic E-state index is 10.3. The Hall–Kier alpha value is -1.84. The Balaban J connectivity index is 1.94. The van der Waals surface area contributed by atoms with Crippen molar-refractivity contribution >= 4 is 0 Å². The second-order valence-electron chi connectivity index (χ2n) is 6.49. The van der Waals surface area contributed by atoms with Crippen molar-refractivity contribution in [1.29, 1.82) is 0 Å². The first-order valence-electron chi connectivity index (χ1n) is 7.64. The number of hydrogen-bond acceptors (Lipinski definition) is 3. The van der Waals surface area contributed by atoms with Crippen LogP contribution in [0.1, 0.15) is 38.0 Å². The fourth-order valence-corrected chi connectivity index (χ4v) is 2.07. The van der Waals surface area contributed by atoms with E-state index in [2.05, 4.69) is 26.1 Å². The van der Waals surface area contributed by atoms with Crippen LogP contribution in [0.2, 0.25) is 0 Å². The van der Waals surface area contributed by atoms with Gasteiger partial charge in [0.15, 0.2) is 0 Å². The Kier molecular flexibility index (Phi) is 5.58. The predicted molar refractivity (Wildman–Crippen MR) is 89.9 cm³/mol. The van der Waals surface area contributed by atoms with E-state index in [4.69, 9.17) is 4.74 Å². The molecule has 0 heterocycles. The Morgan fingerprint density at radius 3 is 2.45 bits per heavy atom. The summed E-state index contributed by atoms with van der Waals surface area (Å²) in [5.41, 5.74) is 1.98. The molecule has 3 heteroatoms. The molecule has 0 aliphatic carbocycles. The SMILES string of the molecule is CC(C)(C)NCC(O)c1cccc(OCc2ccccc2)c1. The van der Waals surface area contributed by atoms with E-state index in [1.54, 1.807) is 0 Å². The van der Waals surface area contributed by atoms with E-state index in [0.29, 0.717) is 13.2 Å². The molecular formula is C19H25NO2. The van der Waals surface area contributed by atoms with Crippen molar-refractivity contribution in [3.63, 3.8) is 0 Å². The van der Waals surface area contributed by atoms with Gasteiger partial charge >= 0.3 is 0 Å². The van der Waals surface area contributed by atoms with Gasteiger partial charge in [0, 0.05) is 12.1 Å². The van der Waals surface area contributed by atoms with Crippen LogP contribution in [0.3, 0.4) is 0 Å². The molecule has 2 aromatic rings. The van der Waals surface area contributed by atoms with Gasteiger partial charge in [0.25, 0.3) is 0 Å². The number of rotatable bonds is 6. The number of hydrogen-bond donors (Lipinski definition) is 2. The first-order chi connectivity index (χ1) is 10.4. The minimum atomic E-state index is -0.542. The second-order valence-corrected chi connectivity index (χ2v) is 6.49. The predicted octanol–water partition coefficient (Wildman–Crippen LogP) is 3.69.